The molecule has 0 spiro atoms. The normalized spacial score (nSPS) is 18.0. The molecule has 5 heterocycles. The first kappa shape index (κ1) is 21.1. The second kappa shape index (κ2) is 8.40. The van der Waals surface area contributed by atoms with Gasteiger partial charge in [-0.25, -0.2) is 4.39 Å². The molecule has 0 saturated carbocycles. The Balaban J connectivity index is 1.30. The minimum absolute atomic E-state index is 0.165. The van der Waals surface area contributed by atoms with Gasteiger partial charge in [0.25, 0.3) is 5.56 Å². The van der Waals surface area contributed by atoms with Crippen molar-refractivity contribution in [2.75, 3.05) is 13.1 Å². The smallest absolute Gasteiger partial charge is 0.258 e. The van der Waals surface area contributed by atoms with Crippen molar-refractivity contribution in [1.29, 1.82) is 0 Å². The van der Waals surface area contributed by atoms with Crippen LogP contribution in [0.4, 0.5) is 4.39 Å². The quantitative estimate of drug-likeness (QED) is 0.451. The van der Waals surface area contributed by atoms with Gasteiger partial charge in [0.15, 0.2) is 0 Å². The zero-order valence-corrected chi connectivity index (χ0v) is 19.2. The molecular formula is C27H27FN4O2. The number of fused-ring (bicyclic) bond motifs is 5. The van der Waals surface area contributed by atoms with Gasteiger partial charge in [-0.3, -0.25) is 19.2 Å². The van der Waals surface area contributed by atoms with Crippen LogP contribution in [-0.4, -0.2) is 32.1 Å². The van der Waals surface area contributed by atoms with E-state index in [2.05, 4.69) is 33.6 Å². The second-order valence-corrected chi connectivity index (χ2v) is 9.25. The van der Waals surface area contributed by atoms with Crippen LogP contribution in [0, 0.1) is 5.82 Å². The van der Waals surface area contributed by atoms with E-state index in [4.69, 9.17) is 4.74 Å². The Labute approximate surface area is 197 Å². The van der Waals surface area contributed by atoms with Gasteiger partial charge in [0, 0.05) is 36.9 Å². The Morgan fingerprint density at radius 2 is 2.03 bits per heavy atom. The Bertz CT molecular complexity index is 1420. The van der Waals surface area contributed by atoms with Crippen molar-refractivity contribution in [3.63, 3.8) is 0 Å². The first-order chi connectivity index (χ1) is 16.6. The number of hydrogen-bond donors (Lipinski definition) is 0. The zero-order valence-electron chi connectivity index (χ0n) is 19.2. The van der Waals surface area contributed by atoms with Crippen molar-refractivity contribution < 1.29 is 9.13 Å². The summed E-state index contributed by atoms with van der Waals surface area (Å²) in [5.41, 5.74) is 5.36. The molecule has 1 unspecified atom stereocenters. The van der Waals surface area contributed by atoms with Crippen molar-refractivity contribution in [3.05, 3.63) is 88.0 Å². The SMILES string of the molecule is Cn1c2c(c3ccc(-n4ccc(OCc5ccc(F)cn5)cc4=O)cc31)CCN1CCCCC21. The minimum Gasteiger partial charge on any atom is -0.487 e. The van der Waals surface area contributed by atoms with Gasteiger partial charge in [-0.2, -0.15) is 0 Å². The number of aromatic nitrogens is 3. The fourth-order valence-electron chi connectivity index (χ4n) is 5.60. The fourth-order valence-corrected chi connectivity index (χ4v) is 5.60. The van der Waals surface area contributed by atoms with E-state index in [-0.39, 0.29) is 12.2 Å². The van der Waals surface area contributed by atoms with E-state index >= 15 is 0 Å². The van der Waals surface area contributed by atoms with Gasteiger partial charge < -0.3 is 9.30 Å². The van der Waals surface area contributed by atoms with Crippen LogP contribution in [-0.2, 0) is 20.1 Å². The first-order valence-corrected chi connectivity index (χ1v) is 11.9. The summed E-state index contributed by atoms with van der Waals surface area (Å²) in [4.78, 5) is 19.5. The summed E-state index contributed by atoms with van der Waals surface area (Å²) in [5.74, 6) is 0.0682. The number of benzene rings is 1. The predicted octanol–water partition coefficient (Wildman–Crippen LogP) is 4.53. The van der Waals surface area contributed by atoms with Crippen LogP contribution in [0.2, 0.25) is 0 Å². The van der Waals surface area contributed by atoms with Gasteiger partial charge in [-0.05, 0) is 61.7 Å². The van der Waals surface area contributed by atoms with Gasteiger partial charge in [-0.1, -0.05) is 12.5 Å². The number of rotatable bonds is 4. The summed E-state index contributed by atoms with van der Waals surface area (Å²) in [6, 6.07) is 13.0. The van der Waals surface area contributed by atoms with Gasteiger partial charge in [0.1, 0.15) is 18.2 Å². The monoisotopic (exact) mass is 458 g/mol. The van der Waals surface area contributed by atoms with Crippen molar-refractivity contribution in [2.45, 2.75) is 38.3 Å². The number of piperidine rings is 1. The molecule has 1 saturated heterocycles. The molecule has 0 amide bonds. The maximum atomic E-state index is 13.0. The molecule has 174 valence electrons. The third-order valence-electron chi connectivity index (χ3n) is 7.26. The van der Waals surface area contributed by atoms with Crippen LogP contribution in [0.5, 0.6) is 5.75 Å². The number of pyridine rings is 2. The topological polar surface area (TPSA) is 52.3 Å². The molecule has 7 heteroatoms. The second-order valence-electron chi connectivity index (χ2n) is 9.25. The van der Waals surface area contributed by atoms with Gasteiger partial charge >= 0.3 is 0 Å². The highest BCUT2D eigenvalue weighted by molar-refractivity contribution is 5.87. The lowest BCUT2D eigenvalue weighted by Crippen LogP contribution is -2.39. The van der Waals surface area contributed by atoms with Crippen molar-refractivity contribution in [1.82, 2.24) is 19.0 Å². The average molecular weight is 459 g/mol. The molecule has 6 nitrogen and oxygen atoms in total. The standard InChI is InChI=1S/C27H27FN4O2/c1-30-25-14-20(7-8-22(25)23-10-12-31-11-3-2-4-24(31)27(23)30)32-13-9-21(15-26(32)33)34-17-19-6-5-18(28)16-29-19/h5-9,13-16,24H,2-4,10-12,17H2,1H3. The number of aryl methyl sites for hydroxylation is 1. The molecule has 1 atom stereocenters. The number of halogens is 1. The Kier molecular flexibility index (Phi) is 5.21. The molecule has 2 aliphatic heterocycles. The lowest BCUT2D eigenvalue weighted by atomic mass is 9.91. The highest BCUT2D eigenvalue weighted by Crippen LogP contribution is 2.41. The van der Waals surface area contributed by atoms with Crippen LogP contribution in [0.15, 0.2) is 59.7 Å². The first-order valence-electron chi connectivity index (χ1n) is 11.9. The van der Waals surface area contributed by atoms with E-state index in [1.807, 2.05) is 6.07 Å². The summed E-state index contributed by atoms with van der Waals surface area (Å²) in [5, 5.41) is 1.30. The van der Waals surface area contributed by atoms with Crippen molar-refractivity contribution in [2.24, 2.45) is 7.05 Å². The maximum absolute atomic E-state index is 13.0. The molecule has 0 radical (unpaired) electrons. The minimum atomic E-state index is -0.390. The van der Waals surface area contributed by atoms with Crippen LogP contribution in [0.3, 0.4) is 0 Å². The lowest BCUT2D eigenvalue weighted by Gasteiger charge is -2.40. The largest absolute Gasteiger partial charge is 0.487 e. The fraction of sp³-hybridized carbons (Fsp3) is 0.333. The van der Waals surface area contributed by atoms with Gasteiger partial charge in [0.05, 0.1) is 29.1 Å². The summed E-state index contributed by atoms with van der Waals surface area (Å²) in [6.45, 7) is 2.49. The number of ether oxygens (including phenoxy) is 1. The third kappa shape index (κ3) is 3.60. The third-order valence-corrected chi connectivity index (χ3v) is 7.26. The number of nitrogens with zero attached hydrogens (tertiary/aromatic N) is 4. The molecule has 6 rings (SSSR count). The molecule has 34 heavy (non-hydrogen) atoms. The molecule has 2 aliphatic rings. The zero-order chi connectivity index (χ0) is 23.2. The molecule has 0 aliphatic carbocycles. The van der Waals surface area contributed by atoms with Gasteiger partial charge in [-0.15, -0.1) is 0 Å². The van der Waals surface area contributed by atoms with Crippen LogP contribution >= 0.6 is 0 Å². The molecule has 4 aromatic rings. The summed E-state index contributed by atoms with van der Waals surface area (Å²) >= 11 is 0. The molecule has 0 N–H and O–H groups in total. The molecule has 1 aromatic carbocycles. The molecular weight excluding hydrogens is 431 g/mol. The highest BCUT2D eigenvalue weighted by atomic mass is 19.1. The van der Waals surface area contributed by atoms with Gasteiger partial charge in [0.2, 0.25) is 0 Å². The van der Waals surface area contributed by atoms with E-state index in [0.29, 0.717) is 17.5 Å². The van der Waals surface area contributed by atoms with E-state index in [9.17, 15) is 9.18 Å². The summed E-state index contributed by atoms with van der Waals surface area (Å²) in [6.07, 6.45) is 7.77. The number of hydrogen-bond acceptors (Lipinski definition) is 4. The van der Waals surface area contributed by atoms with Crippen LogP contribution in [0.25, 0.3) is 16.6 Å². The van der Waals surface area contributed by atoms with E-state index < -0.39 is 5.82 Å². The molecule has 3 aromatic heterocycles. The van der Waals surface area contributed by atoms with Crippen LogP contribution in [0.1, 0.15) is 42.3 Å². The average Bonchev–Trinajstić information content (AvgIpc) is 3.15. The molecule has 1 fully saturated rings. The lowest BCUT2D eigenvalue weighted by molar-refractivity contribution is 0.133. The van der Waals surface area contributed by atoms with Crippen LogP contribution < -0.4 is 10.3 Å². The molecule has 0 bridgehead atoms. The summed E-state index contributed by atoms with van der Waals surface area (Å²) in [7, 11) is 2.16. The Hall–Kier alpha value is -3.45. The van der Waals surface area contributed by atoms with E-state index in [0.717, 1.165) is 24.8 Å². The highest BCUT2D eigenvalue weighted by Gasteiger charge is 2.33. The van der Waals surface area contributed by atoms with E-state index in [1.54, 1.807) is 22.9 Å². The summed E-state index contributed by atoms with van der Waals surface area (Å²) < 4.78 is 22.7. The Morgan fingerprint density at radius 1 is 1.12 bits per heavy atom. The van der Waals surface area contributed by atoms with Crippen molar-refractivity contribution in [3.8, 4) is 11.4 Å². The van der Waals surface area contributed by atoms with E-state index in [1.165, 1.54) is 60.1 Å². The predicted molar refractivity (Wildman–Crippen MR) is 129 cm³/mol. The maximum Gasteiger partial charge on any atom is 0.258 e. The Morgan fingerprint density at radius 3 is 2.85 bits per heavy atom. The van der Waals surface area contributed by atoms with Crippen molar-refractivity contribution >= 4 is 10.9 Å².